The molecule has 0 saturated carbocycles. The van der Waals surface area contributed by atoms with Gasteiger partial charge in [0, 0.05) is 12.6 Å². The molecule has 1 amide bonds. The second-order valence-electron chi connectivity index (χ2n) is 4.91. The number of nitrogens with one attached hydrogen (secondary N) is 1. The second-order valence-corrected chi connectivity index (χ2v) is 4.91. The molecule has 2 atom stereocenters. The number of amides is 1. The van der Waals surface area contributed by atoms with Crippen LogP contribution in [0.3, 0.4) is 0 Å². The summed E-state index contributed by atoms with van der Waals surface area (Å²) in [6, 6.07) is 0.260. The van der Waals surface area contributed by atoms with E-state index < -0.39 is 0 Å². The lowest BCUT2D eigenvalue weighted by atomic mass is 9.93. The third-order valence-electron chi connectivity index (χ3n) is 3.42. The molecular weight excluding hydrogens is 230 g/mol. The van der Waals surface area contributed by atoms with Crippen LogP contribution < -0.4 is 11.3 Å². The van der Waals surface area contributed by atoms with E-state index in [1.54, 1.807) is 0 Å². The van der Waals surface area contributed by atoms with Crippen molar-refractivity contribution >= 4 is 11.7 Å². The average molecular weight is 249 g/mol. The van der Waals surface area contributed by atoms with Gasteiger partial charge in [0.25, 0.3) is 5.91 Å². The van der Waals surface area contributed by atoms with Crippen molar-refractivity contribution in [2.24, 2.45) is 11.8 Å². The number of rotatable bonds is 2. The highest BCUT2D eigenvalue weighted by molar-refractivity contribution is 5.92. The molecule has 0 spiro atoms. The molecule has 1 saturated heterocycles. The number of nitrogens with zero attached hydrogens (tertiary/aromatic N) is 3. The highest BCUT2D eigenvalue weighted by Gasteiger charge is 2.28. The van der Waals surface area contributed by atoms with Crippen molar-refractivity contribution in [2.45, 2.75) is 32.7 Å². The minimum Gasteiger partial charge on any atom is -0.335 e. The number of nitrogen functional groups attached to an aromatic ring is 1. The van der Waals surface area contributed by atoms with Gasteiger partial charge in [-0.2, -0.15) is 0 Å². The third-order valence-corrected chi connectivity index (χ3v) is 3.42. The van der Waals surface area contributed by atoms with E-state index in [1.165, 1.54) is 12.4 Å². The molecule has 1 aliphatic heterocycles. The predicted octanol–water partition coefficient (Wildman–Crippen LogP) is 1.02. The SMILES string of the molecule is CC1CCN(C(=O)c2cnc(NN)cn2)C(C)C1. The number of carbonyl (C=O) groups is 1. The van der Waals surface area contributed by atoms with E-state index in [9.17, 15) is 4.79 Å². The van der Waals surface area contributed by atoms with Crippen LogP contribution in [0.2, 0.25) is 0 Å². The Balaban J connectivity index is 2.10. The van der Waals surface area contributed by atoms with Gasteiger partial charge in [-0.1, -0.05) is 6.92 Å². The summed E-state index contributed by atoms with van der Waals surface area (Å²) < 4.78 is 0. The fourth-order valence-electron chi connectivity index (χ4n) is 2.37. The number of hydrogen-bond acceptors (Lipinski definition) is 5. The van der Waals surface area contributed by atoms with Crippen molar-refractivity contribution in [2.75, 3.05) is 12.0 Å². The van der Waals surface area contributed by atoms with E-state index in [1.807, 2.05) is 4.90 Å². The van der Waals surface area contributed by atoms with Gasteiger partial charge in [-0.3, -0.25) is 4.79 Å². The minimum absolute atomic E-state index is 0.0505. The number of nitrogens with two attached hydrogens (primary N) is 1. The van der Waals surface area contributed by atoms with Gasteiger partial charge in [0.2, 0.25) is 0 Å². The smallest absolute Gasteiger partial charge is 0.274 e. The van der Waals surface area contributed by atoms with E-state index >= 15 is 0 Å². The van der Waals surface area contributed by atoms with Crippen molar-refractivity contribution in [3.05, 3.63) is 18.1 Å². The molecular formula is C12H19N5O. The molecule has 0 radical (unpaired) electrons. The number of hydrogen-bond donors (Lipinski definition) is 2. The van der Waals surface area contributed by atoms with E-state index in [-0.39, 0.29) is 11.9 Å². The van der Waals surface area contributed by atoms with Crippen LogP contribution in [-0.2, 0) is 0 Å². The fraction of sp³-hybridized carbons (Fsp3) is 0.583. The number of likely N-dealkylation sites (tertiary alicyclic amines) is 1. The first-order valence-corrected chi connectivity index (χ1v) is 6.21. The van der Waals surface area contributed by atoms with Crippen LogP contribution in [-0.4, -0.2) is 33.4 Å². The molecule has 98 valence electrons. The molecule has 1 fully saturated rings. The van der Waals surface area contributed by atoms with Gasteiger partial charge in [-0.15, -0.1) is 0 Å². The maximum absolute atomic E-state index is 12.3. The Kier molecular flexibility index (Phi) is 3.76. The van der Waals surface area contributed by atoms with Gasteiger partial charge < -0.3 is 10.3 Å². The Bertz CT molecular complexity index is 419. The molecule has 1 aromatic rings. The maximum Gasteiger partial charge on any atom is 0.274 e. The van der Waals surface area contributed by atoms with Gasteiger partial charge in [-0.05, 0) is 25.7 Å². The first kappa shape index (κ1) is 12.8. The van der Waals surface area contributed by atoms with E-state index in [2.05, 4.69) is 29.2 Å². The summed E-state index contributed by atoms with van der Waals surface area (Å²) in [6.45, 7) is 5.09. The standard InChI is InChI=1S/C12H19N5O/c1-8-3-4-17(9(2)5-8)12(18)10-6-15-11(16-13)7-14-10/h6-9H,3-5,13H2,1-2H3,(H,15,16). The van der Waals surface area contributed by atoms with Crippen LogP contribution in [0.25, 0.3) is 0 Å². The van der Waals surface area contributed by atoms with Gasteiger partial charge >= 0.3 is 0 Å². The third kappa shape index (κ3) is 2.59. The van der Waals surface area contributed by atoms with Crippen LogP contribution in [0.5, 0.6) is 0 Å². The Morgan fingerprint density at radius 3 is 2.78 bits per heavy atom. The van der Waals surface area contributed by atoms with Crippen molar-refractivity contribution in [1.29, 1.82) is 0 Å². The Morgan fingerprint density at radius 1 is 1.44 bits per heavy atom. The van der Waals surface area contributed by atoms with Crippen LogP contribution in [0.4, 0.5) is 5.82 Å². The lowest BCUT2D eigenvalue weighted by molar-refractivity contribution is 0.0582. The summed E-state index contributed by atoms with van der Waals surface area (Å²) in [5, 5.41) is 0. The lowest BCUT2D eigenvalue weighted by Crippen LogP contribution is -2.44. The quantitative estimate of drug-likeness (QED) is 0.604. The van der Waals surface area contributed by atoms with E-state index in [0.717, 1.165) is 19.4 Å². The molecule has 6 nitrogen and oxygen atoms in total. The zero-order chi connectivity index (χ0) is 13.1. The van der Waals surface area contributed by atoms with E-state index in [0.29, 0.717) is 17.4 Å². The summed E-state index contributed by atoms with van der Waals surface area (Å²) in [4.78, 5) is 22.3. The average Bonchev–Trinajstić information content (AvgIpc) is 2.38. The van der Waals surface area contributed by atoms with Crippen molar-refractivity contribution < 1.29 is 4.79 Å². The molecule has 18 heavy (non-hydrogen) atoms. The molecule has 0 aliphatic carbocycles. The summed E-state index contributed by atoms with van der Waals surface area (Å²) in [6.07, 6.45) is 5.01. The largest absolute Gasteiger partial charge is 0.335 e. The van der Waals surface area contributed by atoms with Crippen molar-refractivity contribution in [1.82, 2.24) is 14.9 Å². The Hall–Kier alpha value is -1.69. The minimum atomic E-state index is -0.0505. The number of aromatic nitrogens is 2. The summed E-state index contributed by atoms with van der Waals surface area (Å²) in [5.74, 6) is 6.29. The van der Waals surface area contributed by atoms with Crippen LogP contribution in [0, 0.1) is 5.92 Å². The number of carbonyl (C=O) groups excluding carboxylic acids is 1. The fourth-order valence-corrected chi connectivity index (χ4v) is 2.37. The molecule has 0 aromatic carbocycles. The zero-order valence-corrected chi connectivity index (χ0v) is 10.8. The lowest BCUT2D eigenvalue weighted by Gasteiger charge is -2.36. The molecule has 1 aliphatic rings. The molecule has 2 rings (SSSR count). The van der Waals surface area contributed by atoms with E-state index in [4.69, 9.17) is 5.84 Å². The number of piperidine rings is 1. The number of hydrazine groups is 1. The first-order chi connectivity index (χ1) is 8.61. The maximum atomic E-state index is 12.3. The Labute approximate surface area is 107 Å². The molecule has 3 N–H and O–H groups in total. The highest BCUT2D eigenvalue weighted by Crippen LogP contribution is 2.23. The van der Waals surface area contributed by atoms with Gasteiger partial charge in [-0.25, -0.2) is 15.8 Å². The highest BCUT2D eigenvalue weighted by atomic mass is 16.2. The zero-order valence-electron chi connectivity index (χ0n) is 10.8. The first-order valence-electron chi connectivity index (χ1n) is 6.21. The summed E-state index contributed by atoms with van der Waals surface area (Å²) >= 11 is 0. The predicted molar refractivity (Wildman–Crippen MR) is 68.7 cm³/mol. The van der Waals surface area contributed by atoms with Gasteiger partial charge in [0.05, 0.1) is 12.4 Å². The summed E-state index contributed by atoms with van der Waals surface area (Å²) in [7, 11) is 0. The Morgan fingerprint density at radius 2 is 2.22 bits per heavy atom. The van der Waals surface area contributed by atoms with Crippen LogP contribution in [0.1, 0.15) is 37.2 Å². The van der Waals surface area contributed by atoms with Gasteiger partial charge in [0.1, 0.15) is 5.69 Å². The molecule has 2 unspecified atom stereocenters. The molecule has 2 heterocycles. The molecule has 1 aromatic heterocycles. The second kappa shape index (κ2) is 5.30. The van der Waals surface area contributed by atoms with Crippen LogP contribution >= 0.6 is 0 Å². The van der Waals surface area contributed by atoms with Crippen molar-refractivity contribution in [3.8, 4) is 0 Å². The van der Waals surface area contributed by atoms with Crippen LogP contribution in [0.15, 0.2) is 12.4 Å². The molecule has 0 bridgehead atoms. The monoisotopic (exact) mass is 249 g/mol. The van der Waals surface area contributed by atoms with Gasteiger partial charge in [0.15, 0.2) is 5.82 Å². The molecule has 6 heteroatoms. The number of anilines is 1. The van der Waals surface area contributed by atoms with Crippen molar-refractivity contribution in [3.63, 3.8) is 0 Å². The normalized spacial score (nSPS) is 23.8. The topological polar surface area (TPSA) is 84.1 Å². The summed E-state index contributed by atoms with van der Waals surface area (Å²) in [5.41, 5.74) is 2.76.